The van der Waals surface area contributed by atoms with Crippen LogP contribution in [0.5, 0.6) is 0 Å². The van der Waals surface area contributed by atoms with Crippen molar-refractivity contribution in [1.29, 1.82) is 0 Å². The first-order valence-corrected chi connectivity index (χ1v) is 21.5. The number of ether oxygens (including phenoxy) is 1. The molecule has 0 radical (unpaired) electrons. The number of alkyl halides is 6. The summed E-state index contributed by atoms with van der Waals surface area (Å²) >= 11 is 0. The van der Waals surface area contributed by atoms with Crippen LogP contribution in [0.3, 0.4) is 0 Å². The van der Waals surface area contributed by atoms with Crippen LogP contribution in [0.25, 0.3) is 9.70 Å². The SMILES string of the molecule is C=C(C)c1cccc(C(C)(C)NC(=O)OCCCCCCCCCCCC[n+]2ccc(CCCCCC)cc2)c1.O=S(=O)([N-]S(=O)(=O)C(F)(F)F)C(F)(F)F. The van der Waals surface area contributed by atoms with E-state index in [1.54, 1.807) is 0 Å². The Morgan fingerprint density at radius 3 is 1.75 bits per heavy atom. The van der Waals surface area contributed by atoms with Crippen LogP contribution in [0, 0.1) is 0 Å². The molecule has 9 nitrogen and oxygen atoms in total. The van der Waals surface area contributed by atoms with Crippen molar-refractivity contribution in [2.45, 2.75) is 147 Å². The van der Waals surface area contributed by atoms with Crippen LogP contribution in [0.2, 0.25) is 0 Å². The first-order chi connectivity index (χ1) is 25.5. The number of pyridine rings is 1. The summed E-state index contributed by atoms with van der Waals surface area (Å²) in [6.45, 7) is 13.9. The number of sulfonamides is 2. The second-order valence-corrected chi connectivity index (χ2v) is 17.4. The molecule has 0 fully saturated rings. The molecule has 1 N–H and O–H groups in total. The zero-order valence-electron chi connectivity index (χ0n) is 32.3. The third kappa shape index (κ3) is 20.0. The molecule has 0 saturated heterocycles. The largest absolute Gasteiger partial charge is 0.480 e. The van der Waals surface area contributed by atoms with Crippen LogP contribution in [-0.4, -0.2) is 40.6 Å². The number of halogens is 6. The molecular weight excluding hydrogens is 773 g/mol. The van der Waals surface area contributed by atoms with Gasteiger partial charge in [0, 0.05) is 18.6 Å². The van der Waals surface area contributed by atoms with Crippen molar-refractivity contribution in [1.82, 2.24) is 5.32 Å². The summed E-state index contributed by atoms with van der Waals surface area (Å²) in [7, 11) is -13.4. The minimum atomic E-state index is -6.72. The quantitative estimate of drug-likeness (QED) is 0.0675. The van der Waals surface area contributed by atoms with Gasteiger partial charge in [-0.05, 0) is 69.2 Å². The van der Waals surface area contributed by atoms with Crippen LogP contribution in [-0.2, 0) is 43.3 Å². The summed E-state index contributed by atoms with van der Waals surface area (Å²) < 4.78 is 117. The lowest BCUT2D eigenvalue weighted by molar-refractivity contribution is -0.697. The number of rotatable bonds is 23. The van der Waals surface area contributed by atoms with Gasteiger partial charge in [-0.2, -0.15) is 26.3 Å². The number of unbranched alkanes of at least 4 members (excludes halogenated alkanes) is 12. The van der Waals surface area contributed by atoms with Crippen molar-refractivity contribution in [2.24, 2.45) is 0 Å². The van der Waals surface area contributed by atoms with E-state index in [4.69, 9.17) is 4.74 Å². The highest BCUT2D eigenvalue weighted by Crippen LogP contribution is 2.36. The van der Waals surface area contributed by atoms with Crippen molar-refractivity contribution >= 4 is 31.7 Å². The third-order valence-electron chi connectivity index (χ3n) is 8.60. The Morgan fingerprint density at radius 1 is 0.764 bits per heavy atom. The average Bonchev–Trinajstić information content (AvgIpc) is 3.08. The van der Waals surface area contributed by atoms with Crippen molar-refractivity contribution in [3.05, 3.63) is 76.2 Å². The lowest BCUT2D eigenvalue weighted by Gasteiger charge is -2.27. The number of nitrogens with one attached hydrogen (secondary N) is 1. The van der Waals surface area contributed by atoms with E-state index >= 15 is 0 Å². The van der Waals surface area contributed by atoms with Gasteiger partial charge in [0.05, 0.1) is 12.1 Å². The molecule has 0 aliphatic carbocycles. The van der Waals surface area contributed by atoms with E-state index in [0.29, 0.717) is 6.61 Å². The Labute approximate surface area is 323 Å². The van der Waals surface area contributed by atoms with Gasteiger partial charge in [0.2, 0.25) is 0 Å². The Morgan fingerprint density at radius 2 is 1.25 bits per heavy atom. The molecule has 2 rings (SSSR count). The van der Waals surface area contributed by atoms with Crippen LogP contribution in [0.15, 0.2) is 55.4 Å². The highest BCUT2D eigenvalue weighted by molar-refractivity contribution is 8.13. The van der Waals surface area contributed by atoms with Gasteiger partial charge in [-0.1, -0.05) is 101 Å². The number of hydrogen-bond acceptors (Lipinski definition) is 6. The van der Waals surface area contributed by atoms with Crippen molar-refractivity contribution in [2.75, 3.05) is 6.61 Å². The highest BCUT2D eigenvalue weighted by Gasteiger charge is 2.47. The maximum atomic E-state index is 12.3. The molecule has 2 aromatic rings. The molecular formula is C38H57F6N3O6S2. The number of allylic oxidation sites excluding steroid dienone is 1. The molecule has 1 aromatic heterocycles. The number of alkyl carbamates (subject to hydrolysis) is 1. The predicted molar refractivity (Wildman–Crippen MR) is 203 cm³/mol. The summed E-state index contributed by atoms with van der Waals surface area (Å²) in [5.41, 5.74) is -8.28. The number of carbonyl (C=O) groups is 1. The summed E-state index contributed by atoms with van der Waals surface area (Å²) in [6, 6.07) is 12.8. The number of hydrogen-bond donors (Lipinski definition) is 1. The van der Waals surface area contributed by atoms with Crippen LogP contribution >= 0.6 is 0 Å². The molecule has 0 saturated carbocycles. The lowest BCUT2D eigenvalue weighted by Crippen LogP contribution is -2.41. The molecule has 1 aromatic carbocycles. The Balaban J connectivity index is 0.000000848. The number of aromatic nitrogens is 1. The number of aryl methyl sites for hydroxylation is 2. The minimum Gasteiger partial charge on any atom is -0.450 e. The van der Waals surface area contributed by atoms with Crippen LogP contribution in [0.4, 0.5) is 31.1 Å². The van der Waals surface area contributed by atoms with E-state index in [1.807, 2.05) is 39.0 Å². The summed E-state index contributed by atoms with van der Waals surface area (Å²) in [5.74, 6) is 0. The Hall–Kier alpha value is -3.18. The molecule has 0 atom stereocenters. The van der Waals surface area contributed by atoms with Gasteiger partial charge in [0.15, 0.2) is 32.4 Å². The van der Waals surface area contributed by atoms with Crippen molar-refractivity contribution in [3.63, 3.8) is 0 Å². The molecule has 0 aliphatic heterocycles. The molecule has 1 heterocycles. The van der Waals surface area contributed by atoms with Gasteiger partial charge < -0.3 is 14.2 Å². The average molecular weight is 830 g/mol. The number of carbonyl (C=O) groups excluding carboxylic acids is 1. The zero-order chi connectivity index (χ0) is 41.8. The van der Waals surface area contributed by atoms with E-state index < -0.39 is 36.6 Å². The maximum absolute atomic E-state index is 12.3. The van der Waals surface area contributed by atoms with Crippen LogP contribution in [0.1, 0.15) is 134 Å². The fourth-order valence-corrected chi connectivity index (χ4v) is 7.00. The van der Waals surface area contributed by atoms with Gasteiger partial charge in [-0.25, -0.2) is 26.2 Å². The lowest BCUT2D eigenvalue weighted by atomic mass is 9.92. The molecule has 55 heavy (non-hydrogen) atoms. The van der Waals surface area contributed by atoms with E-state index in [1.165, 1.54) is 89.0 Å². The van der Waals surface area contributed by atoms with E-state index in [0.717, 1.165) is 40.2 Å². The molecule has 0 unspecified atom stereocenters. The van der Waals surface area contributed by atoms with Gasteiger partial charge in [-0.15, -0.1) is 0 Å². The van der Waals surface area contributed by atoms with Gasteiger partial charge in [0.25, 0.3) is 0 Å². The predicted octanol–water partition coefficient (Wildman–Crippen LogP) is 10.8. The first kappa shape index (κ1) is 49.8. The first-order valence-electron chi connectivity index (χ1n) is 18.6. The van der Waals surface area contributed by atoms with Crippen molar-refractivity contribution in [3.8, 4) is 0 Å². The topological polar surface area (TPSA) is 125 Å². The van der Waals surface area contributed by atoms with Gasteiger partial charge >= 0.3 is 17.1 Å². The Kier molecular flexibility index (Phi) is 21.6. The second kappa shape index (κ2) is 23.8. The number of amides is 1. The smallest absolute Gasteiger partial charge is 0.450 e. The molecule has 0 bridgehead atoms. The second-order valence-electron chi connectivity index (χ2n) is 14.0. The monoisotopic (exact) mass is 829 g/mol. The van der Waals surface area contributed by atoms with E-state index in [9.17, 15) is 48.0 Å². The highest BCUT2D eigenvalue weighted by atomic mass is 32.3. The fraction of sp³-hybridized carbons (Fsp3) is 0.632. The van der Waals surface area contributed by atoms with E-state index in [-0.39, 0.29) is 6.09 Å². The summed E-state index contributed by atoms with van der Waals surface area (Å²) in [4.78, 5) is 12.3. The normalized spacial score (nSPS) is 12.5. The molecule has 0 aliphatic rings. The van der Waals surface area contributed by atoms with Gasteiger partial charge in [0.1, 0.15) is 6.54 Å². The van der Waals surface area contributed by atoms with Crippen LogP contribution < -0.4 is 9.88 Å². The molecule has 17 heteroatoms. The minimum absolute atomic E-state index is 0.348. The molecule has 0 spiro atoms. The maximum Gasteiger partial charge on any atom is 0.480 e. The third-order valence-corrected chi connectivity index (χ3v) is 11.3. The van der Waals surface area contributed by atoms with E-state index in [2.05, 4.69) is 54.0 Å². The zero-order valence-corrected chi connectivity index (χ0v) is 33.9. The van der Waals surface area contributed by atoms with Gasteiger partial charge in [-0.3, -0.25) is 0 Å². The summed E-state index contributed by atoms with van der Waals surface area (Å²) in [6.07, 6.45) is 23.2. The number of benzene rings is 1. The van der Waals surface area contributed by atoms with Crippen molar-refractivity contribution < 1.29 is 57.3 Å². The summed E-state index contributed by atoms with van der Waals surface area (Å²) in [5, 5.41) is 3.01. The number of nitrogens with zero attached hydrogens (tertiary/aromatic N) is 2. The fourth-order valence-electron chi connectivity index (χ4n) is 5.29. The Bertz CT molecular complexity index is 1620. The molecule has 314 valence electrons. The standard InChI is InChI=1S/C36H56N2O2.C2F6NO4S2/c1-6-7-8-17-21-32-24-27-38(28-25-32)26-18-15-13-11-9-10-12-14-16-19-29-40-35(39)37-36(4,5)34-23-20-22-33(30-34)31(2)3;3-1(4,5)14(10,11)9-15(12,13)2(6,7)8/h20,22-25,27-28,30H,2,6-19,21,26,29H2,1,3-5H3;/q;-1/p+1. The molecule has 1 amide bonds.